The van der Waals surface area contributed by atoms with Crippen LogP contribution in [0.4, 0.5) is 0 Å². The molecule has 0 aromatic carbocycles. The van der Waals surface area contributed by atoms with Crippen molar-refractivity contribution in [1.29, 1.82) is 0 Å². The first-order valence-electron chi connectivity index (χ1n) is 4.97. The first-order chi connectivity index (χ1) is 7.36. The predicted molar refractivity (Wildman–Crippen MR) is 57.1 cm³/mol. The summed E-state index contributed by atoms with van der Waals surface area (Å²) in [5.41, 5.74) is -0.271. The van der Waals surface area contributed by atoms with E-state index in [9.17, 15) is 9.59 Å². The molecule has 1 amide bonds. The molecular weight excluding hydrogens is 210 g/mol. The Morgan fingerprint density at radius 2 is 2.19 bits per heavy atom. The monoisotopic (exact) mass is 225 g/mol. The lowest BCUT2D eigenvalue weighted by atomic mass is 10.1. The smallest absolute Gasteiger partial charge is 0.328 e. The first kappa shape index (κ1) is 12.2. The maximum absolute atomic E-state index is 11.6. The number of aliphatic carboxylic acids is 1. The summed E-state index contributed by atoms with van der Waals surface area (Å²) in [6, 6.07) is 1.60. The lowest BCUT2D eigenvalue weighted by molar-refractivity contribution is -0.143. The number of hydrogen-bond acceptors (Lipinski definition) is 3. The number of carboxylic acids is 1. The van der Waals surface area contributed by atoms with E-state index in [2.05, 4.69) is 15.5 Å². The van der Waals surface area contributed by atoms with Crippen molar-refractivity contribution in [2.24, 2.45) is 0 Å². The van der Waals surface area contributed by atoms with Crippen LogP contribution in [0.25, 0.3) is 0 Å². The Hall–Kier alpha value is -1.85. The molecular formula is C10H15N3O3. The summed E-state index contributed by atoms with van der Waals surface area (Å²) in [6.07, 6.45) is 0.739. The van der Waals surface area contributed by atoms with Gasteiger partial charge in [-0.3, -0.25) is 9.89 Å². The molecule has 0 unspecified atom stereocenters. The van der Waals surface area contributed by atoms with Gasteiger partial charge in [0, 0.05) is 5.69 Å². The Labute approximate surface area is 93.1 Å². The second-order valence-electron chi connectivity index (χ2n) is 4.02. The molecule has 0 aliphatic carbocycles. The van der Waals surface area contributed by atoms with Crippen molar-refractivity contribution in [3.05, 3.63) is 17.5 Å². The molecule has 0 saturated heterocycles. The quantitative estimate of drug-likeness (QED) is 0.698. The summed E-state index contributed by atoms with van der Waals surface area (Å²) in [6.45, 7) is 4.76. The van der Waals surface area contributed by atoms with Crippen LogP contribution in [0.3, 0.4) is 0 Å². The topological polar surface area (TPSA) is 95.1 Å². The van der Waals surface area contributed by atoms with Crippen molar-refractivity contribution in [3.8, 4) is 0 Å². The van der Waals surface area contributed by atoms with Gasteiger partial charge in [0.15, 0.2) is 0 Å². The number of nitrogens with one attached hydrogen (secondary N) is 2. The minimum Gasteiger partial charge on any atom is -0.480 e. The molecule has 1 aromatic rings. The molecule has 6 nitrogen and oxygen atoms in total. The molecule has 0 saturated carbocycles. The van der Waals surface area contributed by atoms with Crippen LogP contribution in [0.15, 0.2) is 6.07 Å². The van der Waals surface area contributed by atoms with E-state index >= 15 is 0 Å². The molecule has 88 valence electrons. The maximum Gasteiger partial charge on any atom is 0.328 e. The van der Waals surface area contributed by atoms with Crippen molar-refractivity contribution in [2.45, 2.75) is 32.7 Å². The Kier molecular flexibility index (Phi) is 3.31. The molecule has 0 spiro atoms. The fourth-order valence-electron chi connectivity index (χ4n) is 1.06. The summed E-state index contributed by atoms with van der Waals surface area (Å²) >= 11 is 0. The second kappa shape index (κ2) is 4.34. The normalized spacial score (nSPS) is 11.2. The van der Waals surface area contributed by atoms with Crippen LogP contribution in [0, 0.1) is 0 Å². The number of amides is 1. The van der Waals surface area contributed by atoms with Gasteiger partial charge in [-0.1, -0.05) is 6.92 Å². The molecule has 0 fully saturated rings. The number of hydrogen-bond donors (Lipinski definition) is 3. The summed E-state index contributed by atoms with van der Waals surface area (Å²) < 4.78 is 0. The standard InChI is InChI=1S/C10H15N3O3/c1-4-6-5-7(13-12-6)8(14)11-10(2,3)9(15)16/h5H,4H2,1-3H3,(H,11,14)(H,12,13)(H,15,16). The molecule has 1 aromatic heterocycles. The van der Waals surface area contributed by atoms with Gasteiger partial charge in [0.25, 0.3) is 5.91 Å². The van der Waals surface area contributed by atoms with Crippen LogP contribution in [0.2, 0.25) is 0 Å². The van der Waals surface area contributed by atoms with E-state index in [1.807, 2.05) is 6.92 Å². The van der Waals surface area contributed by atoms with Gasteiger partial charge in [0.05, 0.1) is 0 Å². The van der Waals surface area contributed by atoms with Crippen molar-refractivity contribution in [3.63, 3.8) is 0 Å². The third-order valence-electron chi connectivity index (χ3n) is 2.21. The third-order valence-corrected chi connectivity index (χ3v) is 2.21. The molecule has 6 heteroatoms. The van der Waals surface area contributed by atoms with E-state index in [-0.39, 0.29) is 5.69 Å². The van der Waals surface area contributed by atoms with Gasteiger partial charge in [0.2, 0.25) is 0 Å². The zero-order chi connectivity index (χ0) is 12.3. The van der Waals surface area contributed by atoms with E-state index in [0.717, 1.165) is 12.1 Å². The van der Waals surface area contributed by atoms with Gasteiger partial charge in [-0.05, 0) is 26.3 Å². The second-order valence-corrected chi connectivity index (χ2v) is 4.02. The average Bonchev–Trinajstić information content (AvgIpc) is 2.64. The SMILES string of the molecule is CCc1cc(C(=O)NC(C)(C)C(=O)O)n[nH]1. The first-order valence-corrected chi connectivity index (χ1v) is 4.97. The van der Waals surface area contributed by atoms with Crippen molar-refractivity contribution >= 4 is 11.9 Å². The van der Waals surface area contributed by atoms with Gasteiger partial charge in [-0.2, -0.15) is 5.10 Å². The van der Waals surface area contributed by atoms with Crippen LogP contribution >= 0.6 is 0 Å². The lowest BCUT2D eigenvalue weighted by Gasteiger charge is -2.19. The molecule has 1 heterocycles. The van der Waals surface area contributed by atoms with Gasteiger partial charge >= 0.3 is 5.97 Å². The van der Waals surface area contributed by atoms with Gasteiger partial charge < -0.3 is 10.4 Å². The number of carboxylic acid groups (broad SMARTS) is 1. The lowest BCUT2D eigenvalue weighted by Crippen LogP contribution is -2.49. The number of rotatable bonds is 4. The molecule has 16 heavy (non-hydrogen) atoms. The predicted octanol–water partition coefficient (Wildman–Crippen LogP) is 0.565. The summed E-state index contributed by atoms with van der Waals surface area (Å²) in [7, 11) is 0. The summed E-state index contributed by atoms with van der Waals surface area (Å²) in [4.78, 5) is 22.4. The molecule has 1 rings (SSSR count). The van der Waals surface area contributed by atoms with Crippen LogP contribution < -0.4 is 5.32 Å². The number of carbonyl (C=O) groups excluding carboxylic acids is 1. The Balaban J connectivity index is 2.76. The summed E-state index contributed by atoms with van der Waals surface area (Å²) in [5.74, 6) is -1.59. The number of nitrogens with zero attached hydrogens (tertiary/aromatic N) is 1. The number of aromatic amines is 1. The molecule has 0 bridgehead atoms. The third kappa shape index (κ3) is 2.59. The van der Waals surface area contributed by atoms with Crippen molar-refractivity contribution < 1.29 is 14.7 Å². The van der Waals surface area contributed by atoms with Crippen LogP contribution in [-0.2, 0) is 11.2 Å². The van der Waals surface area contributed by atoms with Crippen LogP contribution in [-0.4, -0.2) is 32.7 Å². The Morgan fingerprint density at radius 1 is 1.56 bits per heavy atom. The molecule has 3 N–H and O–H groups in total. The summed E-state index contributed by atoms with van der Waals surface area (Å²) in [5, 5.41) is 17.7. The highest BCUT2D eigenvalue weighted by molar-refractivity contribution is 5.96. The van der Waals surface area contributed by atoms with Crippen LogP contribution in [0.5, 0.6) is 0 Å². The van der Waals surface area contributed by atoms with E-state index < -0.39 is 17.4 Å². The van der Waals surface area contributed by atoms with E-state index in [4.69, 9.17) is 5.11 Å². The van der Waals surface area contributed by atoms with E-state index in [1.165, 1.54) is 13.8 Å². The minimum atomic E-state index is -1.30. The number of aromatic nitrogens is 2. The molecule has 0 aliphatic rings. The number of carbonyl (C=O) groups is 2. The zero-order valence-corrected chi connectivity index (χ0v) is 9.50. The molecule has 0 radical (unpaired) electrons. The number of H-pyrrole nitrogens is 1. The fourth-order valence-corrected chi connectivity index (χ4v) is 1.06. The van der Waals surface area contributed by atoms with E-state index in [0.29, 0.717) is 0 Å². The Bertz CT molecular complexity index is 409. The largest absolute Gasteiger partial charge is 0.480 e. The number of aryl methyl sites for hydroxylation is 1. The highest BCUT2D eigenvalue weighted by Gasteiger charge is 2.29. The van der Waals surface area contributed by atoms with E-state index in [1.54, 1.807) is 6.07 Å². The van der Waals surface area contributed by atoms with Gasteiger partial charge in [-0.15, -0.1) is 0 Å². The maximum atomic E-state index is 11.6. The van der Waals surface area contributed by atoms with Crippen molar-refractivity contribution in [2.75, 3.05) is 0 Å². The van der Waals surface area contributed by atoms with Gasteiger partial charge in [-0.25, -0.2) is 4.79 Å². The van der Waals surface area contributed by atoms with Crippen LogP contribution in [0.1, 0.15) is 37.0 Å². The fraction of sp³-hybridized carbons (Fsp3) is 0.500. The molecule has 0 atom stereocenters. The molecule has 0 aliphatic heterocycles. The highest BCUT2D eigenvalue weighted by atomic mass is 16.4. The van der Waals surface area contributed by atoms with Gasteiger partial charge in [0.1, 0.15) is 11.2 Å². The average molecular weight is 225 g/mol. The Morgan fingerprint density at radius 3 is 2.62 bits per heavy atom. The zero-order valence-electron chi connectivity index (χ0n) is 9.50. The minimum absolute atomic E-state index is 0.200. The highest BCUT2D eigenvalue weighted by Crippen LogP contribution is 2.05. The van der Waals surface area contributed by atoms with Crippen molar-refractivity contribution in [1.82, 2.24) is 15.5 Å².